The molecule has 1 amide bonds. The summed E-state index contributed by atoms with van der Waals surface area (Å²) in [6.07, 6.45) is 3.27. The molecular weight excluding hydrogens is 362 g/mol. The highest BCUT2D eigenvalue weighted by Crippen LogP contribution is 2.24. The fourth-order valence-corrected chi connectivity index (χ4v) is 4.85. The van der Waals surface area contributed by atoms with Crippen molar-refractivity contribution >= 4 is 38.2 Å². The Labute approximate surface area is 157 Å². The van der Waals surface area contributed by atoms with Gasteiger partial charge in [0.25, 0.3) is 5.91 Å². The molecule has 0 unspecified atom stereocenters. The summed E-state index contributed by atoms with van der Waals surface area (Å²) in [6, 6.07) is 16.0. The Bertz CT molecular complexity index is 1090. The number of carbonyl (C=O) groups is 1. The number of hydrogen-bond acceptors (Lipinski definition) is 4. The molecule has 1 aromatic heterocycles. The number of aromatic nitrogens is 1. The van der Waals surface area contributed by atoms with Gasteiger partial charge in [-0.25, -0.2) is 8.42 Å². The SMILES string of the molecule is O=C(Nc1ccc2ncccc2c1)c1ccc(N2CCCCS2(=O)=O)cc1. The third-order valence-electron chi connectivity index (χ3n) is 4.63. The van der Waals surface area contributed by atoms with E-state index in [0.29, 0.717) is 29.9 Å². The molecule has 0 radical (unpaired) electrons. The number of pyridine rings is 1. The molecule has 0 aliphatic carbocycles. The number of nitrogens with zero attached hydrogens (tertiary/aromatic N) is 2. The molecule has 1 aliphatic heterocycles. The first-order chi connectivity index (χ1) is 13.0. The lowest BCUT2D eigenvalue weighted by Gasteiger charge is -2.28. The minimum atomic E-state index is -3.25. The highest BCUT2D eigenvalue weighted by atomic mass is 32.2. The lowest BCUT2D eigenvalue weighted by molar-refractivity contribution is 0.102. The van der Waals surface area contributed by atoms with Gasteiger partial charge in [0.05, 0.1) is 17.0 Å². The van der Waals surface area contributed by atoms with Gasteiger partial charge in [-0.2, -0.15) is 0 Å². The fourth-order valence-electron chi connectivity index (χ4n) is 3.21. The maximum atomic E-state index is 12.5. The first kappa shape index (κ1) is 17.5. The summed E-state index contributed by atoms with van der Waals surface area (Å²) >= 11 is 0. The van der Waals surface area contributed by atoms with Crippen molar-refractivity contribution in [3.8, 4) is 0 Å². The van der Waals surface area contributed by atoms with Crippen LogP contribution in [0.2, 0.25) is 0 Å². The smallest absolute Gasteiger partial charge is 0.255 e. The van der Waals surface area contributed by atoms with Gasteiger partial charge in [-0.05, 0) is 61.4 Å². The summed E-state index contributed by atoms with van der Waals surface area (Å²) in [7, 11) is -3.25. The van der Waals surface area contributed by atoms with Gasteiger partial charge in [0.15, 0.2) is 0 Å². The molecule has 2 aromatic carbocycles. The highest BCUT2D eigenvalue weighted by molar-refractivity contribution is 7.92. The zero-order valence-electron chi connectivity index (χ0n) is 14.6. The van der Waals surface area contributed by atoms with Gasteiger partial charge in [0, 0.05) is 29.4 Å². The molecule has 6 nitrogen and oxygen atoms in total. The third-order valence-corrected chi connectivity index (χ3v) is 6.50. The normalized spacial score (nSPS) is 16.2. The van der Waals surface area contributed by atoms with Gasteiger partial charge in [-0.3, -0.25) is 14.1 Å². The second kappa shape index (κ2) is 7.00. The number of hydrogen-bond donors (Lipinski definition) is 1. The van der Waals surface area contributed by atoms with Crippen LogP contribution in [0.4, 0.5) is 11.4 Å². The molecule has 3 aromatic rings. The van der Waals surface area contributed by atoms with Crippen molar-refractivity contribution in [3.63, 3.8) is 0 Å². The van der Waals surface area contributed by atoms with Crippen LogP contribution in [0.25, 0.3) is 10.9 Å². The van der Waals surface area contributed by atoms with E-state index in [1.54, 1.807) is 30.5 Å². The van der Waals surface area contributed by atoms with E-state index in [-0.39, 0.29) is 11.7 Å². The zero-order valence-corrected chi connectivity index (χ0v) is 15.4. The average molecular weight is 381 g/mol. The number of amides is 1. The van der Waals surface area contributed by atoms with Crippen LogP contribution in [0.15, 0.2) is 60.8 Å². The minimum absolute atomic E-state index is 0.173. The summed E-state index contributed by atoms with van der Waals surface area (Å²) in [6.45, 7) is 0.485. The van der Waals surface area contributed by atoms with Crippen LogP contribution in [-0.2, 0) is 10.0 Å². The number of rotatable bonds is 3. The number of sulfonamides is 1. The van der Waals surface area contributed by atoms with Gasteiger partial charge in [0.2, 0.25) is 10.0 Å². The Kier molecular flexibility index (Phi) is 4.53. The molecule has 0 bridgehead atoms. The molecule has 2 heterocycles. The number of carbonyl (C=O) groups excluding carboxylic acids is 1. The fraction of sp³-hybridized carbons (Fsp3) is 0.200. The minimum Gasteiger partial charge on any atom is -0.322 e. The van der Waals surface area contributed by atoms with Crippen molar-refractivity contribution in [2.45, 2.75) is 12.8 Å². The second-order valence-electron chi connectivity index (χ2n) is 6.51. The molecule has 1 saturated heterocycles. The first-order valence-electron chi connectivity index (χ1n) is 8.80. The second-order valence-corrected chi connectivity index (χ2v) is 8.52. The van der Waals surface area contributed by atoms with Crippen molar-refractivity contribution in [2.75, 3.05) is 21.9 Å². The summed E-state index contributed by atoms with van der Waals surface area (Å²) in [4.78, 5) is 16.8. The zero-order chi connectivity index (χ0) is 18.9. The lowest BCUT2D eigenvalue weighted by Crippen LogP contribution is -2.37. The Morgan fingerprint density at radius 1 is 1.04 bits per heavy atom. The van der Waals surface area contributed by atoms with E-state index in [1.165, 1.54) is 4.31 Å². The van der Waals surface area contributed by atoms with Gasteiger partial charge in [-0.15, -0.1) is 0 Å². The molecule has 4 rings (SSSR count). The molecule has 1 aliphatic rings. The highest BCUT2D eigenvalue weighted by Gasteiger charge is 2.25. The molecule has 0 saturated carbocycles. The summed E-state index contributed by atoms with van der Waals surface area (Å²) in [5.74, 6) is -0.0715. The van der Waals surface area contributed by atoms with Gasteiger partial charge in [-0.1, -0.05) is 6.07 Å². The average Bonchev–Trinajstić information content (AvgIpc) is 2.68. The van der Waals surface area contributed by atoms with Crippen LogP contribution in [0, 0.1) is 0 Å². The van der Waals surface area contributed by atoms with Gasteiger partial charge in [0.1, 0.15) is 0 Å². The molecule has 27 heavy (non-hydrogen) atoms. The molecule has 7 heteroatoms. The summed E-state index contributed by atoms with van der Waals surface area (Å²) < 4.78 is 25.8. The maximum Gasteiger partial charge on any atom is 0.255 e. The maximum absolute atomic E-state index is 12.5. The van der Waals surface area contributed by atoms with Crippen molar-refractivity contribution in [3.05, 3.63) is 66.4 Å². The monoisotopic (exact) mass is 381 g/mol. The number of anilines is 2. The Morgan fingerprint density at radius 2 is 1.85 bits per heavy atom. The topological polar surface area (TPSA) is 79.4 Å². The Balaban J connectivity index is 1.52. The van der Waals surface area contributed by atoms with Crippen LogP contribution >= 0.6 is 0 Å². The predicted molar refractivity (Wildman–Crippen MR) is 107 cm³/mol. The predicted octanol–water partition coefficient (Wildman–Crippen LogP) is 3.42. The molecule has 0 atom stereocenters. The molecule has 1 N–H and O–H groups in total. The van der Waals surface area contributed by atoms with Crippen molar-refractivity contribution in [1.29, 1.82) is 0 Å². The van der Waals surface area contributed by atoms with E-state index in [1.807, 2.05) is 30.3 Å². The summed E-state index contributed by atoms with van der Waals surface area (Å²) in [5.41, 5.74) is 2.62. The van der Waals surface area contributed by atoms with E-state index in [9.17, 15) is 13.2 Å². The molecule has 1 fully saturated rings. The first-order valence-corrected chi connectivity index (χ1v) is 10.4. The van der Waals surface area contributed by atoms with Gasteiger partial charge < -0.3 is 5.32 Å². The number of benzene rings is 2. The van der Waals surface area contributed by atoms with Crippen LogP contribution < -0.4 is 9.62 Å². The summed E-state index contributed by atoms with van der Waals surface area (Å²) in [5, 5.41) is 3.81. The van der Waals surface area contributed by atoms with Crippen LogP contribution in [0.5, 0.6) is 0 Å². The lowest BCUT2D eigenvalue weighted by atomic mass is 10.1. The van der Waals surface area contributed by atoms with Gasteiger partial charge >= 0.3 is 0 Å². The van der Waals surface area contributed by atoms with Crippen molar-refractivity contribution in [2.24, 2.45) is 0 Å². The van der Waals surface area contributed by atoms with Crippen LogP contribution in [0.1, 0.15) is 23.2 Å². The van der Waals surface area contributed by atoms with Crippen molar-refractivity contribution < 1.29 is 13.2 Å². The molecular formula is C20H19N3O3S. The third kappa shape index (κ3) is 3.64. The quantitative estimate of drug-likeness (QED) is 0.754. The van der Waals surface area contributed by atoms with Crippen LogP contribution in [-0.4, -0.2) is 31.6 Å². The largest absolute Gasteiger partial charge is 0.322 e. The van der Waals surface area contributed by atoms with E-state index in [2.05, 4.69) is 10.3 Å². The molecule has 0 spiro atoms. The Morgan fingerprint density at radius 3 is 2.63 bits per heavy atom. The van der Waals surface area contributed by atoms with Crippen LogP contribution in [0.3, 0.4) is 0 Å². The standard InChI is InChI=1S/C20H19N3O3S/c24-20(22-17-7-10-19-16(14-17)4-3-11-21-19)15-5-8-18(9-6-15)23-12-1-2-13-27(23,25)26/h3-11,14H,1-2,12-13H2,(H,22,24). The van der Waals surface area contributed by atoms with Crippen molar-refractivity contribution in [1.82, 2.24) is 4.98 Å². The van der Waals surface area contributed by atoms with E-state index in [0.717, 1.165) is 17.3 Å². The van der Waals surface area contributed by atoms with E-state index in [4.69, 9.17) is 0 Å². The van der Waals surface area contributed by atoms with E-state index < -0.39 is 10.0 Å². The number of fused-ring (bicyclic) bond motifs is 1. The van der Waals surface area contributed by atoms with E-state index >= 15 is 0 Å². The number of nitrogens with one attached hydrogen (secondary N) is 1. The molecule has 138 valence electrons. The Hall–Kier alpha value is -2.93.